The Hall–Kier alpha value is -2.77. The second-order valence-electron chi connectivity index (χ2n) is 6.42. The number of benzene rings is 1. The van der Waals surface area contributed by atoms with Crippen LogP contribution in [0.15, 0.2) is 35.7 Å². The SMILES string of the molecule is Cc1cc(C(=O)OCc2csc(-c3ccccc3Cl)n2)c2c(C)nn(C)c2n1. The number of aromatic nitrogens is 4. The maximum absolute atomic E-state index is 12.7. The van der Waals surface area contributed by atoms with Crippen LogP contribution in [-0.2, 0) is 18.4 Å². The monoisotopic (exact) mass is 412 g/mol. The second kappa shape index (κ2) is 7.33. The summed E-state index contributed by atoms with van der Waals surface area (Å²) in [7, 11) is 1.81. The number of thiazole rings is 1. The topological polar surface area (TPSA) is 69.9 Å². The minimum absolute atomic E-state index is 0.0853. The van der Waals surface area contributed by atoms with E-state index in [9.17, 15) is 4.79 Å². The second-order valence-corrected chi connectivity index (χ2v) is 7.68. The first-order valence-electron chi connectivity index (χ1n) is 8.61. The van der Waals surface area contributed by atoms with E-state index in [2.05, 4.69) is 15.1 Å². The number of ether oxygens (including phenoxy) is 1. The van der Waals surface area contributed by atoms with E-state index >= 15 is 0 Å². The molecule has 0 bridgehead atoms. The molecule has 0 N–H and O–H groups in total. The molecule has 0 amide bonds. The molecule has 0 spiro atoms. The van der Waals surface area contributed by atoms with Crippen molar-refractivity contribution in [2.24, 2.45) is 7.05 Å². The summed E-state index contributed by atoms with van der Waals surface area (Å²) in [6, 6.07) is 9.26. The highest BCUT2D eigenvalue weighted by Gasteiger charge is 2.19. The van der Waals surface area contributed by atoms with Crippen LogP contribution in [0.4, 0.5) is 0 Å². The summed E-state index contributed by atoms with van der Waals surface area (Å²) >= 11 is 7.70. The van der Waals surface area contributed by atoms with Gasteiger partial charge in [-0.2, -0.15) is 5.10 Å². The standard InChI is InChI=1S/C20H17ClN4O2S/c1-11-8-15(17-12(2)24-25(3)18(17)22-11)20(26)27-9-13-10-28-19(23-13)14-6-4-5-7-16(14)21/h4-8,10H,9H2,1-3H3. The van der Waals surface area contributed by atoms with Crippen LogP contribution in [0.1, 0.15) is 27.4 Å². The highest BCUT2D eigenvalue weighted by atomic mass is 35.5. The smallest absolute Gasteiger partial charge is 0.339 e. The maximum atomic E-state index is 12.7. The zero-order valence-electron chi connectivity index (χ0n) is 15.6. The molecule has 1 aromatic carbocycles. The number of hydrogen-bond acceptors (Lipinski definition) is 6. The van der Waals surface area contributed by atoms with E-state index in [1.807, 2.05) is 50.5 Å². The van der Waals surface area contributed by atoms with E-state index in [1.54, 1.807) is 10.7 Å². The molecule has 3 heterocycles. The highest BCUT2D eigenvalue weighted by molar-refractivity contribution is 7.13. The van der Waals surface area contributed by atoms with Crippen LogP contribution in [0.2, 0.25) is 5.02 Å². The van der Waals surface area contributed by atoms with Crippen molar-refractivity contribution in [1.29, 1.82) is 0 Å². The van der Waals surface area contributed by atoms with Gasteiger partial charge >= 0.3 is 5.97 Å². The van der Waals surface area contributed by atoms with Crippen LogP contribution >= 0.6 is 22.9 Å². The highest BCUT2D eigenvalue weighted by Crippen LogP contribution is 2.30. The maximum Gasteiger partial charge on any atom is 0.339 e. The lowest BCUT2D eigenvalue weighted by atomic mass is 10.1. The molecule has 6 nitrogen and oxygen atoms in total. The molecule has 0 aliphatic heterocycles. The van der Waals surface area contributed by atoms with Crippen molar-refractivity contribution < 1.29 is 9.53 Å². The number of fused-ring (bicyclic) bond motifs is 1. The Bertz CT molecular complexity index is 1200. The summed E-state index contributed by atoms with van der Waals surface area (Å²) < 4.78 is 7.20. The molecule has 0 fully saturated rings. The largest absolute Gasteiger partial charge is 0.456 e. The number of hydrogen-bond donors (Lipinski definition) is 0. The predicted molar refractivity (Wildman–Crippen MR) is 110 cm³/mol. The molecule has 0 saturated heterocycles. The van der Waals surface area contributed by atoms with Gasteiger partial charge in [0.1, 0.15) is 11.6 Å². The van der Waals surface area contributed by atoms with Crippen molar-refractivity contribution in [1.82, 2.24) is 19.7 Å². The number of aryl methyl sites for hydroxylation is 3. The van der Waals surface area contributed by atoms with Gasteiger partial charge in [-0.15, -0.1) is 11.3 Å². The van der Waals surface area contributed by atoms with E-state index in [0.29, 0.717) is 27.3 Å². The number of rotatable bonds is 4. The Labute approximate surface area is 170 Å². The summed E-state index contributed by atoms with van der Waals surface area (Å²) in [6.07, 6.45) is 0. The number of pyridine rings is 1. The third-order valence-electron chi connectivity index (χ3n) is 4.32. The number of esters is 1. The molecule has 142 valence electrons. The van der Waals surface area contributed by atoms with Gasteiger partial charge in [0, 0.05) is 23.7 Å². The summed E-state index contributed by atoms with van der Waals surface area (Å²) in [6.45, 7) is 3.78. The molecule has 0 aliphatic rings. The normalized spacial score (nSPS) is 11.1. The molecular weight excluding hydrogens is 396 g/mol. The van der Waals surface area contributed by atoms with Crippen molar-refractivity contribution in [2.45, 2.75) is 20.5 Å². The Morgan fingerprint density at radius 1 is 1.25 bits per heavy atom. The van der Waals surface area contributed by atoms with Crippen molar-refractivity contribution >= 4 is 39.9 Å². The predicted octanol–water partition coefficient (Wildman–Crippen LogP) is 4.72. The fourth-order valence-corrected chi connectivity index (χ4v) is 4.20. The van der Waals surface area contributed by atoms with E-state index in [1.165, 1.54) is 11.3 Å². The van der Waals surface area contributed by atoms with E-state index in [0.717, 1.165) is 22.0 Å². The number of halogens is 1. The minimum Gasteiger partial charge on any atom is -0.456 e. The van der Waals surface area contributed by atoms with Crippen LogP contribution in [0.25, 0.3) is 21.6 Å². The average Bonchev–Trinajstić information content (AvgIpc) is 3.24. The molecular formula is C20H17ClN4O2S. The summed E-state index contributed by atoms with van der Waals surface area (Å²) in [4.78, 5) is 21.8. The molecule has 0 atom stereocenters. The zero-order valence-corrected chi connectivity index (χ0v) is 17.1. The number of carbonyl (C=O) groups is 1. The van der Waals surface area contributed by atoms with Crippen LogP contribution in [0.3, 0.4) is 0 Å². The van der Waals surface area contributed by atoms with Crippen LogP contribution < -0.4 is 0 Å². The summed E-state index contributed by atoms with van der Waals surface area (Å²) in [5, 5.41) is 8.38. The van der Waals surface area contributed by atoms with Crippen molar-refractivity contribution in [2.75, 3.05) is 0 Å². The first kappa shape index (κ1) is 18.6. The Balaban J connectivity index is 1.56. The molecule has 8 heteroatoms. The van der Waals surface area contributed by atoms with Gasteiger partial charge < -0.3 is 4.74 Å². The molecule has 28 heavy (non-hydrogen) atoms. The average molecular weight is 413 g/mol. The number of carbonyl (C=O) groups excluding carboxylic acids is 1. The molecule has 0 unspecified atom stereocenters. The fraction of sp³-hybridized carbons (Fsp3) is 0.200. The van der Waals surface area contributed by atoms with Crippen molar-refractivity contribution in [3.8, 4) is 10.6 Å². The first-order valence-corrected chi connectivity index (χ1v) is 9.87. The van der Waals surface area contributed by atoms with Crippen LogP contribution in [0, 0.1) is 13.8 Å². The Kier molecular flexibility index (Phi) is 4.87. The lowest BCUT2D eigenvalue weighted by Gasteiger charge is -2.06. The summed E-state index contributed by atoms with van der Waals surface area (Å²) in [5.74, 6) is -0.418. The zero-order chi connectivity index (χ0) is 19.8. The van der Waals surface area contributed by atoms with E-state index < -0.39 is 5.97 Å². The quantitative estimate of drug-likeness (QED) is 0.453. The fourth-order valence-electron chi connectivity index (χ4n) is 3.08. The number of nitrogens with zero attached hydrogens (tertiary/aromatic N) is 4. The van der Waals surface area contributed by atoms with E-state index in [4.69, 9.17) is 16.3 Å². The van der Waals surface area contributed by atoms with Gasteiger partial charge in [0.15, 0.2) is 5.65 Å². The third-order valence-corrected chi connectivity index (χ3v) is 5.58. The molecule has 4 aromatic rings. The van der Waals surface area contributed by atoms with Gasteiger partial charge in [-0.25, -0.2) is 14.8 Å². The van der Waals surface area contributed by atoms with Crippen LogP contribution in [0.5, 0.6) is 0 Å². The van der Waals surface area contributed by atoms with Gasteiger partial charge in [0.25, 0.3) is 0 Å². The third kappa shape index (κ3) is 3.39. The molecule has 0 saturated carbocycles. The van der Waals surface area contributed by atoms with Gasteiger partial charge in [0.2, 0.25) is 0 Å². The molecule has 4 rings (SSSR count). The Morgan fingerprint density at radius 2 is 2.04 bits per heavy atom. The van der Waals surface area contributed by atoms with Gasteiger partial charge in [-0.05, 0) is 26.0 Å². The van der Waals surface area contributed by atoms with E-state index in [-0.39, 0.29) is 6.61 Å². The summed E-state index contributed by atoms with van der Waals surface area (Å²) in [5.41, 5.74) is 4.15. The van der Waals surface area contributed by atoms with Gasteiger partial charge in [-0.3, -0.25) is 4.68 Å². The molecule has 3 aromatic heterocycles. The van der Waals surface area contributed by atoms with Gasteiger partial charge in [0.05, 0.1) is 27.4 Å². The first-order chi connectivity index (χ1) is 13.4. The Morgan fingerprint density at radius 3 is 2.82 bits per heavy atom. The molecule has 0 radical (unpaired) electrons. The lowest BCUT2D eigenvalue weighted by Crippen LogP contribution is -2.08. The van der Waals surface area contributed by atoms with Crippen molar-refractivity contribution in [3.63, 3.8) is 0 Å². The van der Waals surface area contributed by atoms with Crippen LogP contribution in [-0.4, -0.2) is 25.7 Å². The minimum atomic E-state index is -0.418. The van der Waals surface area contributed by atoms with Crippen molar-refractivity contribution in [3.05, 3.63) is 63.4 Å². The van der Waals surface area contributed by atoms with Gasteiger partial charge in [-0.1, -0.05) is 29.8 Å². The molecule has 0 aliphatic carbocycles. The lowest BCUT2D eigenvalue weighted by molar-refractivity contribution is 0.0470.